The SMILES string of the molecule is COC(=O)/C=C/C1=C(OS(=O)(=O)C(F)(F)F)CC(C)N(C(=O)OC(C)(C)C)C1. The molecule has 0 N–H and O–H groups in total. The minimum absolute atomic E-state index is 0.109. The van der Waals surface area contributed by atoms with Crippen LogP contribution >= 0.6 is 0 Å². The van der Waals surface area contributed by atoms with Crippen molar-refractivity contribution >= 4 is 22.2 Å². The average molecular weight is 429 g/mol. The van der Waals surface area contributed by atoms with Gasteiger partial charge in [0.15, 0.2) is 0 Å². The fourth-order valence-electron chi connectivity index (χ4n) is 2.15. The molecule has 0 aliphatic carbocycles. The van der Waals surface area contributed by atoms with Crippen molar-refractivity contribution in [2.45, 2.75) is 51.3 Å². The fourth-order valence-corrected chi connectivity index (χ4v) is 2.69. The molecule has 0 saturated carbocycles. The molecule has 0 saturated heterocycles. The highest BCUT2D eigenvalue weighted by Gasteiger charge is 2.49. The van der Waals surface area contributed by atoms with Gasteiger partial charge in [-0.25, -0.2) is 9.59 Å². The van der Waals surface area contributed by atoms with Crippen molar-refractivity contribution in [2.24, 2.45) is 0 Å². The molecule has 0 radical (unpaired) electrons. The molecule has 0 aromatic rings. The number of hydrogen-bond acceptors (Lipinski definition) is 7. The van der Waals surface area contributed by atoms with Gasteiger partial charge in [-0.3, -0.25) is 0 Å². The van der Waals surface area contributed by atoms with E-state index >= 15 is 0 Å². The van der Waals surface area contributed by atoms with E-state index in [9.17, 15) is 31.2 Å². The number of nitrogens with zero attached hydrogens (tertiary/aromatic N) is 1. The van der Waals surface area contributed by atoms with Crippen molar-refractivity contribution in [3.8, 4) is 0 Å². The van der Waals surface area contributed by atoms with E-state index in [-0.39, 0.29) is 18.5 Å². The van der Waals surface area contributed by atoms with Crippen LogP contribution < -0.4 is 0 Å². The Morgan fingerprint density at radius 3 is 2.25 bits per heavy atom. The molecule has 160 valence electrons. The lowest BCUT2D eigenvalue weighted by Crippen LogP contribution is -2.46. The molecule has 0 spiro atoms. The number of ether oxygens (including phenoxy) is 2. The number of halogens is 3. The van der Waals surface area contributed by atoms with Gasteiger partial charge in [0.05, 0.1) is 13.7 Å². The lowest BCUT2D eigenvalue weighted by molar-refractivity contribution is -0.134. The van der Waals surface area contributed by atoms with Crippen LogP contribution in [0.15, 0.2) is 23.5 Å². The van der Waals surface area contributed by atoms with Gasteiger partial charge in [-0.15, -0.1) is 0 Å². The van der Waals surface area contributed by atoms with E-state index in [4.69, 9.17) is 4.74 Å². The van der Waals surface area contributed by atoms with Crippen LogP contribution in [0.25, 0.3) is 0 Å². The van der Waals surface area contributed by atoms with Crippen molar-refractivity contribution in [1.82, 2.24) is 4.90 Å². The maximum atomic E-state index is 12.7. The third-order valence-corrected chi connectivity index (χ3v) is 4.44. The summed E-state index contributed by atoms with van der Waals surface area (Å²) in [6.45, 7) is 6.08. The van der Waals surface area contributed by atoms with E-state index in [0.29, 0.717) is 0 Å². The zero-order chi connectivity index (χ0) is 21.9. The van der Waals surface area contributed by atoms with E-state index in [1.54, 1.807) is 20.8 Å². The predicted molar refractivity (Wildman–Crippen MR) is 91.3 cm³/mol. The molecule has 1 amide bonds. The number of alkyl halides is 3. The van der Waals surface area contributed by atoms with Crippen molar-refractivity contribution in [3.63, 3.8) is 0 Å². The molecule has 1 heterocycles. The highest BCUT2D eigenvalue weighted by Crippen LogP contribution is 2.32. The molecule has 0 bridgehead atoms. The summed E-state index contributed by atoms with van der Waals surface area (Å²) in [6.07, 6.45) is 0.829. The van der Waals surface area contributed by atoms with Gasteiger partial charge in [0.1, 0.15) is 11.4 Å². The van der Waals surface area contributed by atoms with Crippen LogP contribution in [-0.2, 0) is 28.6 Å². The molecule has 0 fully saturated rings. The second-order valence-corrected chi connectivity index (χ2v) is 8.49. The number of carbonyl (C=O) groups excluding carboxylic acids is 2. The second-order valence-electron chi connectivity index (χ2n) is 6.95. The van der Waals surface area contributed by atoms with Crippen molar-refractivity contribution in [3.05, 3.63) is 23.5 Å². The molecule has 8 nitrogen and oxygen atoms in total. The fraction of sp³-hybridized carbons (Fsp3) is 0.625. The number of esters is 1. The van der Waals surface area contributed by atoms with Crippen LogP contribution in [0, 0.1) is 0 Å². The van der Waals surface area contributed by atoms with E-state index in [2.05, 4.69) is 8.92 Å². The molecule has 12 heteroatoms. The predicted octanol–water partition coefficient (Wildman–Crippen LogP) is 2.87. The molecule has 1 unspecified atom stereocenters. The highest BCUT2D eigenvalue weighted by atomic mass is 32.2. The van der Waals surface area contributed by atoms with Crippen molar-refractivity contribution < 1.29 is 44.8 Å². The van der Waals surface area contributed by atoms with Gasteiger partial charge >= 0.3 is 27.7 Å². The molecule has 1 rings (SSSR count). The van der Waals surface area contributed by atoms with E-state index < -0.39 is 45.1 Å². The molecular formula is C16H22F3NO7S. The van der Waals surface area contributed by atoms with Crippen molar-refractivity contribution in [1.29, 1.82) is 0 Å². The summed E-state index contributed by atoms with van der Waals surface area (Å²) in [4.78, 5) is 24.8. The zero-order valence-corrected chi connectivity index (χ0v) is 16.8. The maximum absolute atomic E-state index is 12.7. The first kappa shape index (κ1) is 23.8. The van der Waals surface area contributed by atoms with Crippen LogP contribution in [0.1, 0.15) is 34.1 Å². The summed E-state index contributed by atoms with van der Waals surface area (Å²) in [5.74, 6) is -1.35. The number of carbonyl (C=O) groups is 2. The average Bonchev–Trinajstić information content (AvgIpc) is 2.50. The van der Waals surface area contributed by atoms with Crippen LogP contribution in [0.5, 0.6) is 0 Å². The Bertz CT molecular complexity index is 779. The number of amides is 1. The number of rotatable bonds is 4. The third kappa shape index (κ3) is 6.43. The monoisotopic (exact) mass is 429 g/mol. The summed E-state index contributed by atoms with van der Waals surface area (Å²) in [6, 6.07) is -0.719. The zero-order valence-electron chi connectivity index (χ0n) is 16.0. The van der Waals surface area contributed by atoms with Gasteiger partial charge in [0.25, 0.3) is 0 Å². The standard InChI is InChI=1S/C16H22F3NO7S/c1-10-8-12(27-28(23,24)16(17,18)19)11(6-7-13(21)25-5)9-20(10)14(22)26-15(2,3)4/h6-7,10H,8-9H2,1-5H3/b7-6+. The Hall–Kier alpha value is -2.24. The van der Waals surface area contributed by atoms with Crippen molar-refractivity contribution in [2.75, 3.05) is 13.7 Å². The lowest BCUT2D eigenvalue weighted by Gasteiger charge is -2.36. The molecule has 1 aliphatic heterocycles. The Balaban J connectivity index is 3.28. The Kier molecular flexibility index (Phi) is 7.15. The maximum Gasteiger partial charge on any atom is 0.534 e. The van der Waals surface area contributed by atoms with Gasteiger partial charge in [-0.2, -0.15) is 21.6 Å². The van der Waals surface area contributed by atoms with E-state index in [1.165, 1.54) is 11.8 Å². The minimum Gasteiger partial charge on any atom is -0.466 e. The summed E-state index contributed by atoms with van der Waals surface area (Å²) in [7, 11) is -4.82. The molecule has 0 aromatic heterocycles. The quantitative estimate of drug-likeness (QED) is 0.293. The Morgan fingerprint density at radius 1 is 1.21 bits per heavy atom. The third-order valence-electron chi connectivity index (χ3n) is 3.46. The first-order valence-corrected chi connectivity index (χ1v) is 9.46. The molecule has 28 heavy (non-hydrogen) atoms. The molecular weight excluding hydrogens is 407 g/mol. The summed E-state index contributed by atoms with van der Waals surface area (Å²) < 4.78 is 74.6. The first-order chi connectivity index (χ1) is 12.6. The van der Waals surface area contributed by atoms with Gasteiger partial charge in [0, 0.05) is 24.1 Å². The van der Waals surface area contributed by atoms with Gasteiger partial charge in [-0.1, -0.05) is 0 Å². The number of methoxy groups -OCH3 is 1. The van der Waals surface area contributed by atoms with Crippen LogP contribution in [0.4, 0.5) is 18.0 Å². The van der Waals surface area contributed by atoms with Gasteiger partial charge in [-0.05, 0) is 33.8 Å². The van der Waals surface area contributed by atoms with Gasteiger partial charge in [0.2, 0.25) is 0 Å². The van der Waals surface area contributed by atoms with E-state index in [1.807, 2.05) is 0 Å². The second kappa shape index (κ2) is 8.41. The molecule has 1 aliphatic rings. The lowest BCUT2D eigenvalue weighted by atomic mass is 10.0. The van der Waals surface area contributed by atoms with Gasteiger partial charge < -0.3 is 18.6 Å². The van der Waals surface area contributed by atoms with E-state index in [0.717, 1.165) is 19.3 Å². The number of hydrogen-bond donors (Lipinski definition) is 0. The normalized spacial score (nSPS) is 19.0. The minimum atomic E-state index is -5.91. The summed E-state index contributed by atoms with van der Waals surface area (Å²) in [5, 5.41) is 0. The molecule has 1 atom stereocenters. The summed E-state index contributed by atoms with van der Waals surface area (Å²) in [5.41, 5.74) is -6.55. The summed E-state index contributed by atoms with van der Waals surface area (Å²) >= 11 is 0. The first-order valence-electron chi connectivity index (χ1n) is 8.06. The van der Waals surface area contributed by atoms with Crippen LogP contribution in [0.2, 0.25) is 0 Å². The molecule has 0 aromatic carbocycles. The Labute approximate surface area is 161 Å². The van der Waals surface area contributed by atoms with Crippen LogP contribution in [-0.4, -0.2) is 56.2 Å². The topological polar surface area (TPSA) is 99.2 Å². The Morgan fingerprint density at radius 2 is 1.79 bits per heavy atom. The van der Waals surface area contributed by atoms with Crippen LogP contribution in [0.3, 0.4) is 0 Å². The largest absolute Gasteiger partial charge is 0.534 e. The highest BCUT2D eigenvalue weighted by molar-refractivity contribution is 7.87. The smallest absolute Gasteiger partial charge is 0.466 e.